The Morgan fingerprint density at radius 3 is 1.91 bits per heavy atom. The van der Waals surface area contributed by atoms with Crippen molar-refractivity contribution in [3.63, 3.8) is 0 Å². The van der Waals surface area contributed by atoms with Gasteiger partial charge in [-0.1, -0.05) is 84.9 Å². The number of rotatable bonds is 3. The van der Waals surface area contributed by atoms with Crippen LogP contribution in [0.4, 0.5) is 0 Å². The zero-order chi connectivity index (χ0) is 15.5. The van der Waals surface area contributed by atoms with Gasteiger partial charge in [-0.2, -0.15) is 0 Å². The Kier molecular flexibility index (Phi) is 3.75. The van der Waals surface area contributed by atoms with Crippen molar-refractivity contribution in [1.82, 2.24) is 4.98 Å². The van der Waals surface area contributed by atoms with Crippen molar-refractivity contribution in [2.45, 2.75) is 0 Å². The van der Waals surface area contributed by atoms with E-state index >= 15 is 0 Å². The highest BCUT2D eigenvalue weighted by Crippen LogP contribution is 2.40. The Morgan fingerprint density at radius 1 is 0.652 bits per heavy atom. The van der Waals surface area contributed by atoms with E-state index in [1.54, 1.807) is 11.3 Å². The largest absolute Gasteiger partial charge is 0.235 e. The maximum absolute atomic E-state index is 4.93. The van der Waals surface area contributed by atoms with Crippen molar-refractivity contribution in [3.05, 3.63) is 91.0 Å². The Bertz CT molecular complexity index is 840. The van der Waals surface area contributed by atoms with Gasteiger partial charge in [0.05, 0.1) is 10.6 Å². The molecule has 0 spiro atoms. The molecule has 1 nitrogen and oxygen atoms in total. The van der Waals surface area contributed by atoms with Gasteiger partial charge in [-0.3, -0.25) is 0 Å². The van der Waals surface area contributed by atoms with Crippen molar-refractivity contribution in [3.8, 4) is 32.3 Å². The first kappa shape index (κ1) is 13.9. The molecule has 2 heteroatoms. The lowest BCUT2D eigenvalue weighted by molar-refractivity contribution is 1.40. The van der Waals surface area contributed by atoms with Crippen LogP contribution in [0.3, 0.4) is 0 Å². The van der Waals surface area contributed by atoms with Crippen LogP contribution in [0, 0.1) is 6.07 Å². The third kappa shape index (κ3) is 2.81. The number of hydrogen-bond acceptors (Lipinski definition) is 2. The van der Waals surface area contributed by atoms with E-state index in [2.05, 4.69) is 66.7 Å². The smallest absolute Gasteiger partial charge is 0.124 e. The summed E-state index contributed by atoms with van der Waals surface area (Å²) in [6, 6.07) is 31.9. The normalized spacial score (nSPS) is 10.6. The lowest BCUT2D eigenvalue weighted by atomic mass is 10.1. The molecule has 0 saturated carbocycles. The van der Waals surface area contributed by atoms with Gasteiger partial charge in [-0.15, -0.1) is 11.3 Å². The van der Waals surface area contributed by atoms with E-state index in [1.807, 2.05) is 24.3 Å². The van der Waals surface area contributed by atoms with Gasteiger partial charge in [-0.05, 0) is 11.6 Å². The van der Waals surface area contributed by atoms with Crippen molar-refractivity contribution in [2.24, 2.45) is 0 Å². The fourth-order valence-electron chi connectivity index (χ4n) is 2.55. The first-order valence-electron chi connectivity index (χ1n) is 7.50. The molecule has 0 aliphatic heterocycles. The molecule has 0 saturated heterocycles. The van der Waals surface area contributed by atoms with Crippen LogP contribution < -0.4 is 0 Å². The Morgan fingerprint density at radius 2 is 1.26 bits per heavy atom. The average Bonchev–Trinajstić information content (AvgIpc) is 3.09. The molecule has 0 bridgehead atoms. The molecule has 0 aliphatic rings. The van der Waals surface area contributed by atoms with E-state index < -0.39 is 0 Å². The van der Waals surface area contributed by atoms with Gasteiger partial charge in [0.2, 0.25) is 0 Å². The highest BCUT2D eigenvalue weighted by Gasteiger charge is 2.15. The lowest BCUT2D eigenvalue weighted by Crippen LogP contribution is -1.82. The summed E-state index contributed by atoms with van der Waals surface area (Å²) in [5.74, 6) is 0. The summed E-state index contributed by atoms with van der Waals surface area (Å²) in [6.07, 6.45) is 0. The Balaban J connectivity index is 1.91. The molecule has 4 aromatic rings. The molecule has 0 N–H and O–H groups in total. The van der Waals surface area contributed by atoms with Crippen LogP contribution in [-0.2, 0) is 0 Å². The van der Waals surface area contributed by atoms with Gasteiger partial charge < -0.3 is 0 Å². The number of benzene rings is 3. The topological polar surface area (TPSA) is 12.9 Å². The standard InChI is InChI=1S/C21H14NS/c1-4-10-16(11-5-1)19-20(17-12-6-2-7-13-17)23-21(22-19)18-14-8-3-9-15-18/h1-2,4-15H. The first-order valence-corrected chi connectivity index (χ1v) is 8.31. The minimum atomic E-state index is 1.04. The lowest BCUT2D eigenvalue weighted by Gasteiger charge is -2.02. The minimum Gasteiger partial charge on any atom is -0.235 e. The van der Waals surface area contributed by atoms with Gasteiger partial charge in [-0.25, -0.2) is 4.98 Å². The van der Waals surface area contributed by atoms with E-state index in [0.29, 0.717) is 0 Å². The monoisotopic (exact) mass is 312 g/mol. The second kappa shape index (κ2) is 6.19. The van der Waals surface area contributed by atoms with Crippen LogP contribution in [-0.4, -0.2) is 4.98 Å². The molecule has 3 aromatic carbocycles. The summed E-state index contributed by atoms with van der Waals surface area (Å²) in [7, 11) is 0. The van der Waals surface area contributed by atoms with Gasteiger partial charge >= 0.3 is 0 Å². The third-order valence-electron chi connectivity index (χ3n) is 3.68. The molecular formula is C21H14NS. The molecule has 0 aliphatic carbocycles. The minimum absolute atomic E-state index is 1.04. The molecule has 0 fully saturated rings. The number of hydrogen-bond donors (Lipinski definition) is 0. The fraction of sp³-hybridized carbons (Fsp3) is 0. The molecule has 23 heavy (non-hydrogen) atoms. The van der Waals surface area contributed by atoms with Crippen molar-refractivity contribution in [1.29, 1.82) is 0 Å². The number of thiazole rings is 1. The van der Waals surface area contributed by atoms with Crippen LogP contribution in [0.5, 0.6) is 0 Å². The summed E-state index contributed by atoms with van der Waals surface area (Å²) in [6.45, 7) is 0. The molecule has 4 rings (SSSR count). The summed E-state index contributed by atoms with van der Waals surface area (Å²) in [5.41, 5.74) is 4.53. The maximum atomic E-state index is 4.93. The van der Waals surface area contributed by atoms with E-state index in [-0.39, 0.29) is 0 Å². The number of nitrogens with zero attached hydrogens (tertiary/aromatic N) is 1. The molecule has 109 valence electrons. The summed E-state index contributed by atoms with van der Waals surface area (Å²) >= 11 is 1.74. The summed E-state index contributed by atoms with van der Waals surface area (Å²) in [4.78, 5) is 6.14. The zero-order valence-corrected chi connectivity index (χ0v) is 13.3. The summed E-state index contributed by atoms with van der Waals surface area (Å²) < 4.78 is 0. The molecular weight excluding hydrogens is 298 g/mol. The van der Waals surface area contributed by atoms with Gasteiger partial charge in [0, 0.05) is 11.1 Å². The average molecular weight is 312 g/mol. The van der Waals surface area contributed by atoms with Crippen LogP contribution in [0.2, 0.25) is 0 Å². The third-order valence-corrected chi connectivity index (χ3v) is 4.83. The van der Waals surface area contributed by atoms with E-state index in [9.17, 15) is 0 Å². The van der Waals surface area contributed by atoms with Crippen LogP contribution >= 0.6 is 11.3 Å². The van der Waals surface area contributed by atoms with Crippen LogP contribution in [0.15, 0.2) is 84.9 Å². The molecule has 1 heterocycles. The fourth-order valence-corrected chi connectivity index (χ4v) is 3.65. The second-order valence-corrected chi connectivity index (χ2v) is 6.22. The molecule has 0 unspecified atom stereocenters. The van der Waals surface area contributed by atoms with Crippen LogP contribution in [0.1, 0.15) is 0 Å². The molecule has 0 amide bonds. The predicted molar refractivity (Wildman–Crippen MR) is 97.3 cm³/mol. The molecule has 1 radical (unpaired) electrons. The predicted octanol–water partition coefficient (Wildman–Crippen LogP) is 5.94. The highest BCUT2D eigenvalue weighted by atomic mass is 32.1. The second-order valence-electron chi connectivity index (χ2n) is 5.22. The highest BCUT2D eigenvalue weighted by molar-refractivity contribution is 7.19. The van der Waals surface area contributed by atoms with E-state index in [0.717, 1.165) is 21.8 Å². The molecule has 1 aromatic heterocycles. The van der Waals surface area contributed by atoms with Crippen molar-refractivity contribution in [2.75, 3.05) is 0 Å². The SMILES string of the molecule is [c]1ccc(-c2nc(-c3ccccc3)c(-c3ccccc3)s2)cc1. The van der Waals surface area contributed by atoms with E-state index in [1.165, 1.54) is 10.4 Å². The van der Waals surface area contributed by atoms with Gasteiger partial charge in [0.15, 0.2) is 0 Å². The quantitative estimate of drug-likeness (QED) is 0.456. The van der Waals surface area contributed by atoms with Gasteiger partial charge in [0.25, 0.3) is 0 Å². The number of aromatic nitrogens is 1. The Labute approximate surface area is 139 Å². The molecule has 0 atom stereocenters. The summed E-state index contributed by atoms with van der Waals surface area (Å²) in [5, 5.41) is 1.04. The van der Waals surface area contributed by atoms with Crippen LogP contribution in [0.25, 0.3) is 32.3 Å². The zero-order valence-electron chi connectivity index (χ0n) is 12.4. The van der Waals surface area contributed by atoms with Gasteiger partial charge in [0.1, 0.15) is 5.01 Å². The first-order chi connectivity index (χ1) is 11.4. The van der Waals surface area contributed by atoms with E-state index in [4.69, 9.17) is 4.98 Å². The van der Waals surface area contributed by atoms with Crippen molar-refractivity contribution >= 4 is 11.3 Å². The van der Waals surface area contributed by atoms with Crippen molar-refractivity contribution < 1.29 is 0 Å². The maximum Gasteiger partial charge on any atom is 0.124 e. The Hall–Kier alpha value is -2.71.